The van der Waals surface area contributed by atoms with Crippen LogP contribution in [-0.4, -0.2) is 21.2 Å². The summed E-state index contributed by atoms with van der Waals surface area (Å²) in [6.45, 7) is 2.10. The van der Waals surface area contributed by atoms with Gasteiger partial charge < -0.3 is 5.32 Å². The van der Waals surface area contributed by atoms with Crippen molar-refractivity contribution in [3.63, 3.8) is 0 Å². The Labute approximate surface area is 200 Å². The summed E-state index contributed by atoms with van der Waals surface area (Å²) in [5.74, 6) is 0.0534. The molecule has 0 atom stereocenters. The van der Waals surface area contributed by atoms with Crippen LogP contribution in [0.15, 0.2) is 64.5 Å². The number of thiophene rings is 1. The van der Waals surface area contributed by atoms with Crippen molar-refractivity contribution in [1.82, 2.24) is 9.55 Å². The van der Waals surface area contributed by atoms with E-state index >= 15 is 0 Å². The number of nitrogens with zero attached hydrogens (tertiary/aromatic N) is 2. The maximum absolute atomic E-state index is 13.6. The molecule has 2 aromatic heterocycles. The van der Waals surface area contributed by atoms with Crippen LogP contribution in [-0.2, 0) is 24.1 Å². The molecule has 2 heterocycles. The number of nitrogens with one attached hydrogen (secondary N) is 1. The lowest BCUT2D eigenvalue weighted by molar-refractivity contribution is -0.113. The average molecular weight is 476 g/mol. The number of amides is 1. The number of fused-ring (bicyclic) bond motifs is 3. The second-order valence-electron chi connectivity index (χ2n) is 8.15. The van der Waals surface area contributed by atoms with Crippen molar-refractivity contribution in [2.24, 2.45) is 0 Å². The number of thioether (sulfide) groups is 1. The molecule has 0 fully saturated rings. The van der Waals surface area contributed by atoms with Crippen LogP contribution in [0.2, 0.25) is 0 Å². The first-order valence-electron chi connectivity index (χ1n) is 11.3. The number of anilines is 1. The molecule has 5 rings (SSSR count). The fraction of sp³-hybridized carbons (Fsp3) is 0.269. The van der Waals surface area contributed by atoms with E-state index in [0.29, 0.717) is 5.16 Å². The molecule has 0 radical (unpaired) electrons. The summed E-state index contributed by atoms with van der Waals surface area (Å²) < 4.78 is 2.37. The first-order valence-corrected chi connectivity index (χ1v) is 13.1. The minimum Gasteiger partial charge on any atom is -0.325 e. The summed E-state index contributed by atoms with van der Waals surface area (Å²) >= 11 is 2.89. The zero-order valence-electron chi connectivity index (χ0n) is 18.5. The standard InChI is InChI=1S/C26H25N3O2S2/c1-2-17-12-14-18(15-13-17)27-22(30)16-32-26-28-23-20-10-6-7-11-21(20)33-24(23)25(31)29(26)19-8-4-3-5-9-19/h3-5,8-9,12-15H,2,6-7,10-11,16H2,1H3,(H,27,30). The van der Waals surface area contributed by atoms with Gasteiger partial charge in [0.2, 0.25) is 5.91 Å². The van der Waals surface area contributed by atoms with Crippen molar-refractivity contribution in [3.05, 3.63) is 81.0 Å². The topological polar surface area (TPSA) is 64.0 Å². The predicted octanol–water partition coefficient (Wildman–Crippen LogP) is 5.62. The van der Waals surface area contributed by atoms with Gasteiger partial charge >= 0.3 is 0 Å². The molecule has 1 amide bonds. The van der Waals surface area contributed by atoms with E-state index < -0.39 is 0 Å². The van der Waals surface area contributed by atoms with E-state index in [1.807, 2.05) is 54.6 Å². The number of carbonyl (C=O) groups excluding carboxylic acids is 1. The number of aryl methyl sites for hydroxylation is 3. The van der Waals surface area contributed by atoms with Crippen LogP contribution in [0.4, 0.5) is 5.69 Å². The number of benzene rings is 2. The molecule has 5 nitrogen and oxygen atoms in total. The summed E-state index contributed by atoms with van der Waals surface area (Å²) in [5.41, 5.74) is 4.76. The first-order chi connectivity index (χ1) is 16.1. The highest BCUT2D eigenvalue weighted by atomic mass is 32.2. The van der Waals surface area contributed by atoms with Crippen LogP contribution in [0.1, 0.15) is 35.8 Å². The molecule has 0 aliphatic heterocycles. The van der Waals surface area contributed by atoms with Gasteiger partial charge in [0, 0.05) is 10.6 Å². The smallest absolute Gasteiger partial charge is 0.276 e. The second-order valence-corrected chi connectivity index (χ2v) is 10.2. The van der Waals surface area contributed by atoms with Crippen molar-refractivity contribution >= 4 is 44.9 Å². The molecule has 168 valence electrons. The third-order valence-electron chi connectivity index (χ3n) is 5.93. The van der Waals surface area contributed by atoms with E-state index in [4.69, 9.17) is 4.98 Å². The molecule has 4 aromatic rings. The molecule has 0 bridgehead atoms. The Morgan fingerprint density at radius 2 is 1.85 bits per heavy atom. The molecule has 0 saturated carbocycles. The van der Waals surface area contributed by atoms with Crippen molar-refractivity contribution in [2.45, 2.75) is 44.2 Å². The summed E-state index contributed by atoms with van der Waals surface area (Å²) in [4.78, 5) is 32.5. The Bertz CT molecular complexity index is 1360. The fourth-order valence-corrected chi connectivity index (χ4v) is 6.26. The number of para-hydroxylation sites is 1. The largest absolute Gasteiger partial charge is 0.325 e. The van der Waals surface area contributed by atoms with Crippen molar-refractivity contribution in [1.29, 1.82) is 0 Å². The summed E-state index contributed by atoms with van der Waals surface area (Å²) in [6, 6.07) is 17.4. The van der Waals surface area contributed by atoms with Gasteiger partial charge in [0.05, 0.1) is 17.0 Å². The Hall–Kier alpha value is -2.90. The molecule has 33 heavy (non-hydrogen) atoms. The molecule has 0 unspecified atom stereocenters. The Morgan fingerprint density at radius 1 is 1.09 bits per heavy atom. The third kappa shape index (κ3) is 4.48. The number of hydrogen-bond donors (Lipinski definition) is 1. The highest BCUT2D eigenvalue weighted by Crippen LogP contribution is 2.35. The Morgan fingerprint density at radius 3 is 2.61 bits per heavy atom. The van der Waals surface area contributed by atoms with Gasteiger partial charge in [-0.2, -0.15) is 0 Å². The van der Waals surface area contributed by atoms with Crippen LogP contribution in [0.5, 0.6) is 0 Å². The minimum atomic E-state index is -0.120. The lowest BCUT2D eigenvalue weighted by atomic mass is 9.98. The van der Waals surface area contributed by atoms with Gasteiger partial charge in [0.25, 0.3) is 5.56 Å². The molecule has 1 aliphatic rings. The van der Waals surface area contributed by atoms with Crippen LogP contribution >= 0.6 is 23.1 Å². The van der Waals surface area contributed by atoms with E-state index in [-0.39, 0.29) is 17.2 Å². The monoisotopic (exact) mass is 475 g/mol. The van der Waals surface area contributed by atoms with E-state index in [1.165, 1.54) is 27.8 Å². The minimum absolute atomic E-state index is 0.0522. The first kappa shape index (κ1) is 21.9. The Balaban J connectivity index is 1.47. The molecule has 7 heteroatoms. The summed E-state index contributed by atoms with van der Waals surface area (Å²) in [7, 11) is 0. The van der Waals surface area contributed by atoms with Gasteiger partial charge in [0.15, 0.2) is 5.16 Å². The maximum Gasteiger partial charge on any atom is 0.276 e. The number of hydrogen-bond acceptors (Lipinski definition) is 5. The molecule has 1 aliphatic carbocycles. The molecule has 0 saturated heterocycles. The number of rotatable bonds is 6. The van der Waals surface area contributed by atoms with Gasteiger partial charge in [0.1, 0.15) is 4.70 Å². The quantitative estimate of drug-likeness (QED) is 0.290. The SMILES string of the molecule is CCc1ccc(NC(=O)CSc2nc3c4c(sc3c(=O)n2-c2ccccc2)CCCC4)cc1. The number of aromatic nitrogens is 2. The molecular formula is C26H25N3O2S2. The van der Waals surface area contributed by atoms with Crippen molar-refractivity contribution in [2.75, 3.05) is 11.1 Å². The van der Waals surface area contributed by atoms with Gasteiger partial charge in [-0.05, 0) is 67.5 Å². The van der Waals surface area contributed by atoms with E-state index in [2.05, 4.69) is 12.2 Å². The van der Waals surface area contributed by atoms with E-state index in [1.54, 1.807) is 15.9 Å². The van der Waals surface area contributed by atoms with Crippen LogP contribution in [0.25, 0.3) is 15.9 Å². The highest BCUT2D eigenvalue weighted by Gasteiger charge is 2.23. The zero-order valence-corrected chi connectivity index (χ0v) is 20.1. The van der Waals surface area contributed by atoms with Crippen LogP contribution in [0, 0.1) is 0 Å². The highest BCUT2D eigenvalue weighted by molar-refractivity contribution is 7.99. The molecule has 2 aromatic carbocycles. The van der Waals surface area contributed by atoms with Crippen LogP contribution in [0.3, 0.4) is 0 Å². The maximum atomic E-state index is 13.6. The van der Waals surface area contributed by atoms with Gasteiger partial charge in [-0.15, -0.1) is 11.3 Å². The third-order valence-corrected chi connectivity index (χ3v) is 8.14. The van der Waals surface area contributed by atoms with Crippen LogP contribution < -0.4 is 10.9 Å². The van der Waals surface area contributed by atoms with Gasteiger partial charge in [-0.1, -0.05) is 49.0 Å². The normalized spacial score (nSPS) is 13.1. The average Bonchev–Trinajstić information content (AvgIpc) is 3.23. The van der Waals surface area contributed by atoms with Crippen molar-refractivity contribution in [3.8, 4) is 5.69 Å². The predicted molar refractivity (Wildman–Crippen MR) is 137 cm³/mol. The van der Waals surface area contributed by atoms with E-state index in [0.717, 1.165) is 53.7 Å². The molecular weight excluding hydrogens is 450 g/mol. The second kappa shape index (κ2) is 9.53. The van der Waals surface area contributed by atoms with Gasteiger partial charge in [-0.3, -0.25) is 14.2 Å². The van der Waals surface area contributed by atoms with Crippen molar-refractivity contribution < 1.29 is 4.79 Å². The fourth-order valence-electron chi connectivity index (χ4n) is 4.20. The summed E-state index contributed by atoms with van der Waals surface area (Å²) in [6.07, 6.45) is 5.23. The van der Waals surface area contributed by atoms with Gasteiger partial charge in [-0.25, -0.2) is 4.98 Å². The lowest BCUT2D eigenvalue weighted by Crippen LogP contribution is -2.22. The lowest BCUT2D eigenvalue weighted by Gasteiger charge is -2.13. The number of carbonyl (C=O) groups is 1. The molecule has 0 spiro atoms. The zero-order chi connectivity index (χ0) is 22.8. The molecule has 1 N–H and O–H groups in total. The summed E-state index contributed by atoms with van der Waals surface area (Å²) in [5, 5.41) is 3.50. The van der Waals surface area contributed by atoms with E-state index in [9.17, 15) is 9.59 Å². The Kier molecular flexibility index (Phi) is 6.33.